The minimum Gasteiger partial charge on any atom is -0.496 e. The number of rotatable bonds is 10. The Kier molecular flexibility index (Phi) is 9.20. The van der Waals surface area contributed by atoms with Crippen molar-refractivity contribution in [1.29, 1.82) is 0 Å². The quantitative estimate of drug-likeness (QED) is 0.312. The van der Waals surface area contributed by atoms with E-state index in [0.29, 0.717) is 35.1 Å². The Morgan fingerprint density at radius 1 is 0.857 bits per heavy atom. The highest BCUT2D eigenvalue weighted by atomic mass is 32.2. The molecule has 0 spiro atoms. The van der Waals surface area contributed by atoms with Crippen LogP contribution in [0.2, 0.25) is 0 Å². The second-order valence-corrected chi connectivity index (χ2v) is 9.58. The molecule has 1 unspecified atom stereocenters. The van der Waals surface area contributed by atoms with Crippen LogP contribution >= 0.6 is 11.8 Å². The van der Waals surface area contributed by atoms with Gasteiger partial charge in [0, 0.05) is 16.3 Å². The molecule has 2 N–H and O–H groups in total. The third kappa shape index (κ3) is 6.79. The Morgan fingerprint density at radius 2 is 1.49 bits per heavy atom. The summed E-state index contributed by atoms with van der Waals surface area (Å²) in [4.78, 5) is 26.8. The predicted molar refractivity (Wildman–Crippen MR) is 143 cm³/mol. The molecule has 0 aliphatic heterocycles. The zero-order valence-corrected chi connectivity index (χ0v) is 21.6. The molecule has 0 fully saturated rings. The van der Waals surface area contributed by atoms with Gasteiger partial charge in [-0.05, 0) is 60.4 Å². The van der Waals surface area contributed by atoms with Gasteiger partial charge in [-0.25, -0.2) is 0 Å². The maximum atomic E-state index is 13.0. The first-order chi connectivity index (χ1) is 16.9. The average Bonchev–Trinajstić information content (AvgIpc) is 2.87. The van der Waals surface area contributed by atoms with Crippen molar-refractivity contribution in [3.05, 3.63) is 77.9 Å². The summed E-state index contributed by atoms with van der Waals surface area (Å²) in [5.41, 5.74) is 2.96. The fourth-order valence-corrected chi connectivity index (χ4v) is 4.59. The van der Waals surface area contributed by atoms with E-state index >= 15 is 0 Å². The number of hydrogen-bond acceptors (Lipinski definition) is 5. The molecule has 0 saturated carbocycles. The monoisotopic (exact) mass is 492 g/mol. The van der Waals surface area contributed by atoms with Gasteiger partial charge in [-0.15, -0.1) is 11.8 Å². The van der Waals surface area contributed by atoms with Gasteiger partial charge in [0.1, 0.15) is 17.1 Å². The number of thioether (sulfide) groups is 1. The molecule has 184 valence electrons. The molecule has 3 aromatic carbocycles. The lowest BCUT2D eigenvalue weighted by Gasteiger charge is -2.16. The van der Waals surface area contributed by atoms with Crippen molar-refractivity contribution in [2.24, 2.45) is 0 Å². The van der Waals surface area contributed by atoms with Gasteiger partial charge in [-0.2, -0.15) is 0 Å². The highest BCUT2D eigenvalue weighted by Crippen LogP contribution is 2.31. The molecule has 3 aromatic rings. The van der Waals surface area contributed by atoms with Crippen LogP contribution in [0, 0.1) is 0 Å². The molecule has 0 aliphatic carbocycles. The second-order valence-electron chi connectivity index (χ2n) is 8.30. The molecule has 35 heavy (non-hydrogen) atoms. The molecule has 0 saturated heterocycles. The molecule has 2 amide bonds. The summed E-state index contributed by atoms with van der Waals surface area (Å²) in [5.74, 6) is 0.905. The molecule has 0 heterocycles. The van der Waals surface area contributed by atoms with Crippen molar-refractivity contribution in [1.82, 2.24) is 0 Å². The topological polar surface area (TPSA) is 76.7 Å². The summed E-state index contributed by atoms with van der Waals surface area (Å²) in [6.45, 7) is 6.26. The molecule has 0 aromatic heterocycles. The first-order valence-electron chi connectivity index (χ1n) is 11.6. The van der Waals surface area contributed by atoms with Crippen LogP contribution in [-0.2, 0) is 4.79 Å². The van der Waals surface area contributed by atoms with Crippen LogP contribution in [0.3, 0.4) is 0 Å². The standard InChI is InChI=1S/C28H32N2O4S/c1-6-25(27(31)29-20-15-13-19(14-16-20)18(2)3)35-22-10-7-9-21(17-22)30-28(32)26-23(33-4)11-8-12-24(26)34-5/h7-18,25H,6H2,1-5H3,(H,29,31)(H,30,32). The molecule has 3 rings (SSSR count). The van der Waals surface area contributed by atoms with Crippen LogP contribution in [-0.4, -0.2) is 31.3 Å². The maximum Gasteiger partial charge on any atom is 0.263 e. The van der Waals surface area contributed by atoms with E-state index in [4.69, 9.17) is 9.47 Å². The number of anilines is 2. The number of amides is 2. The minimum atomic E-state index is -0.337. The Hall–Kier alpha value is -3.45. The van der Waals surface area contributed by atoms with Crippen LogP contribution < -0.4 is 20.1 Å². The largest absolute Gasteiger partial charge is 0.496 e. The summed E-state index contributed by atoms with van der Waals surface area (Å²) in [5, 5.41) is 5.65. The van der Waals surface area contributed by atoms with Crippen molar-refractivity contribution in [3.63, 3.8) is 0 Å². The lowest BCUT2D eigenvalue weighted by molar-refractivity contribution is -0.115. The third-order valence-electron chi connectivity index (χ3n) is 5.53. The molecular formula is C28H32N2O4S. The van der Waals surface area contributed by atoms with E-state index in [1.54, 1.807) is 24.3 Å². The van der Waals surface area contributed by atoms with Gasteiger partial charge in [0.25, 0.3) is 5.91 Å². The fraction of sp³-hybridized carbons (Fsp3) is 0.286. The van der Waals surface area contributed by atoms with E-state index in [1.807, 2.05) is 49.4 Å². The highest BCUT2D eigenvalue weighted by Gasteiger charge is 2.20. The number of hydrogen-bond donors (Lipinski definition) is 2. The minimum absolute atomic E-state index is 0.0528. The van der Waals surface area contributed by atoms with E-state index in [9.17, 15) is 9.59 Å². The highest BCUT2D eigenvalue weighted by molar-refractivity contribution is 8.00. The van der Waals surface area contributed by atoms with Crippen LogP contribution in [0.25, 0.3) is 0 Å². The first-order valence-corrected chi connectivity index (χ1v) is 12.4. The van der Waals surface area contributed by atoms with Crippen LogP contribution in [0.4, 0.5) is 11.4 Å². The Bertz CT molecular complexity index is 1140. The summed E-state index contributed by atoms with van der Waals surface area (Å²) in [7, 11) is 3.02. The molecule has 1 atom stereocenters. The lowest BCUT2D eigenvalue weighted by Crippen LogP contribution is -2.24. The van der Waals surface area contributed by atoms with Gasteiger partial charge >= 0.3 is 0 Å². The van der Waals surface area contributed by atoms with Gasteiger partial charge in [0.05, 0.1) is 19.5 Å². The molecule has 0 bridgehead atoms. The Morgan fingerprint density at radius 3 is 2.06 bits per heavy atom. The second kappa shape index (κ2) is 12.3. The van der Waals surface area contributed by atoms with Gasteiger partial charge in [0.2, 0.25) is 5.91 Å². The third-order valence-corrected chi connectivity index (χ3v) is 6.89. The Balaban J connectivity index is 1.70. The SMILES string of the molecule is CCC(Sc1cccc(NC(=O)c2c(OC)cccc2OC)c1)C(=O)Nc1ccc(C(C)C)cc1. The molecule has 7 heteroatoms. The van der Waals surface area contributed by atoms with Crippen molar-refractivity contribution in [2.45, 2.75) is 43.3 Å². The summed E-state index contributed by atoms with van der Waals surface area (Å²) in [6, 6.07) is 20.6. The van der Waals surface area contributed by atoms with Crippen LogP contribution in [0.5, 0.6) is 11.5 Å². The summed E-state index contributed by atoms with van der Waals surface area (Å²) in [6.07, 6.45) is 0.662. The van der Waals surface area contributed by atoms with E-state index < -0.39 is 0 Å². The normalized spacial score (nSPS) is 11.6. The predicted octanol–water partition coefficient (Wildman–Crippen LogP) is 6.59. The van der Waals surface area contributed by atoms with Gasteiger partial charge in [0.15, 0.2) is 0 Å². The van der Waals surface area contributed by atoms with E-state index in [1.165, 1.54) is 31.5 Å². The van der Waals surface area contributed by atoms with Crippen LogP contribution in [0.1, 0.15) is 49.0 Å². The fourth-order valence-electron chi connectivity index (χ4n) is 3.58. The molecule has 0 radical (unpaired) electrons. The lowest BCUT2D eigenvalue weighted by atomic mass is 10.0. The van der Waals surface area contributed by atoms with Crippen molar-refractivity contribution in [2.75, 3.05) is 24.9 Å². The van der Waals surface area contributed by atoms with Crippen molar-refractivity contribution in [3.8, 4) is 11.5 Å². The molecule has 6 nitrogen and oxygen atoms in total. The zero-order valence-electron chi connectivity index (χ0n) is 20.8. The molecule has 0 aliphatic rings. The summed E-state index contributed by atoms with van der Waals surface area (Å²) >= 11 is 1.46. The van der Waals surface area contributed by atoms with E-state index in [2.05, 4.69) is 24.5 Å². The number of nitrogens with one attached hydrogen (secondary N) is 2. The molecular weight excluding hydrogens is 460 g/mol. The Labute approximate surface area is 211 Å². The number of methoxy groups -OCH3 is 2. The van der Waals surface area contributed by atoms with Gasteiger partial charge < -0.3 is 20.1 Å². The van der Waals surface area contributed by atoms with E-state index in [0.717, 1.165) is 10.6 Å². The smallest absolute Gasteiger partial charge is 0.263 e. The van der Waals surface area contributed by atoms with Gasteiger partial charge in [-0.1, -0.05) is 45.0 Å². The summed E-state index contributed by atoms with van der Waals surface area (Å²) < 4.78 is 10.7. The number of carbonyl (C=O) groups is 2. The number of ether oxygens (including phenoxy) is 2. The maximum absolute atomic E-state index is 13.0. The van der Waals surface area contributed by atoms with Crippen molar-refractivity contribution >= 4 is 35.0 Å². The zero-order chi connectivity index (χ0) is 25.4. The van der Waals surface area contributed by atoms with Crippen molar-refractivity contribution < 1.29 is 19.1 Å². The van der Waals surface area contributed by atoms with E-state index in [-0.39, 0.29) is 17.1 Å². The number of carbonyl (C=O) groups excluding carboxylic acids is 2. The van der Waals surface area contributed by atoms with Crippen LogP contribution in [0.15, 0.2) is 71.6 Å². The number of benzene rings is 3. The first kappa shape index (κ1) is 26.2. The van der Waals surface area contributed by atoms with Gasteiger partial charge in [-0.3, -0.25) is 9.59 Å². The average molecular weight is 493 g/mol.